The summed E-state index contributed by atoms with van der Waals surface area (Å²) in [5.74, 6) is -0.00589. The van der Waals surface area contributed by atoms with Gasteiger partial charge in [-0.25, -0.2) is 9.67 Å². The highest BCUT2D eigenvalue weighted by Crippen LogP contribution is 2.25. The molecule has 0 bridgehead atoms. The molecule has 7 nitrogen and oxygen atoms in total. The molecule has 0 aliphatic carbocycles. The van der Waals surface area contributed by atoms with E-state index in [2.05, 4.69) is 10.4 Å². The maximum atomic E-state index is 13.2. The average Bonchev–Trinajstić information content (AvgIpc) is 3.48. The predicted octanol–water partition coefficient (Wildman–Crippen LogP) is 4.18. The highest BCUT2D eigenvalue weighted by molar-refractivity contribution is 6.06. The Morgan fingerprint density at radius 3 is 2.58 bits per heavy atom. The topological polar surface area (TPSA) is 80.1 Å². The molecular formula is C26H25N5O2. The Labute approximate surface area is 192 Å². The van der Waals surface area contributed by atoms with Crippen LogP contribution in [0.5, 0.6) is 0 Å². The van der Waals surface area contributed by atoms with Crippen molar-refractivity contribution in [3.63, 3.8) is 0 Å². The van der Waals surface area contributed by atoms with Crippen molar-refractivity contribution in [2.24, 2.45) is 0 Å². The second kappa shape index (κ2) is 8.86. The largest absolute Gasteiger partial charge is 0.348 e. The lowest BCUT2D eigenvalue weighted by atomic mass is 10.1. The monoisotopic (exact) mass is 439 g/mol. The molecule has 5 rings (SSSR count). The number of rotatable bonds is 6. The van der Waals surface area contributed by atoms with Gasteiger partial charge in [0, 0.05) is 37.3 Å². The number of anilines is 1. The van der Waals surface area contributed by atoms with E-state index in [-0.39, 0.29) is 11.8 Å². The normalized spacial score (nSPS) is 13.6. The van der Waals surface area contributed by atoms with Crippen molar-refractivity contribution in [3.05, 3.63) is 78.0 Å². The van der Waals surface area contributed by atoms with Crippen molar-refractivity contribution in [2.45, 2.75) is 32.9 Å². The number of benzene rings is 2. The second-order valence-corrected chi connectivity index (χ2v) is 8.12. The van der Waals surface area contributed by atoms with Crippen molar-refractivity contribution in [2.75, 3.05) is 11.4 Å². The highest BCUT2D eigenvalue weighted by Gasteiger charge is 2.21. The van der Waals surface area contributed by atoms with Gasteiger partial charge in [-0.05, 0) is 37.1 Å². The van der Waals surface area contributed by atoms with E-state index in [1.165, 1.54) is 0 Å². The molecule has 3 heterocycles. The number of carbonyl (C=O) groups is 2. The first-order valence-corrected chi connectivity index (χ1v) is 11.2. The van der Waals surface area contributed by atoms with Crippen LogP contribution < -0.4 is 10.2 Å². The Kier molecular flexibility index (Phi) is 5.60. The van der Waals surface area contributed by atoms with Crippen LogP contribution in [0, 0.1) is 0 Å². The van der Waals surface area contributed by atoms with Crippen LogP contribution in [0.3, 0.4) is 0 Å². The maximum Gasteiger partial charge on any atom is 0.252 e. The molecule has 2 aromatic carbocycles. The van der Waals surface area contributed by atoms with E-state index in [1.54, 1.807) is 10.9 Å². The fourth-order valence-electron chi connectivity index (χ4n) is 4.22. The molecule has 0 radical (unpaired) electrons. The van der Waals surface area contributed by atoms with Crippen molar-refractivity contribution >= 4 is 28.5 Å². The number of nitrogens with one attached hydrogen (secondary N) is 1. The van der Waals surface area contributed by atoms with Crippen LogP contribution in [-0.2, 0) is 17.9 Å². The lowest BCUT2D eigenvalue weighted by Crippen LogP contribution is -2.24. The summed E-state index contributed by atoms with van der Waals surface area (Å²) in [6.45, 7) is 3.83. The summed E-state index contributed by atoms with van der Waals surface area (Å²) in [7, 11) is 0. The van der Waals surface area contributed by atoms with Gasteiger partial charge in [0.1, 0.15) is 0 Å². The Morgan fingerprint density at radius 2 is 1.88 bits per heavy atom. The molecule has 1 fully saturated rings. The summed E-state index contributed by atoms with van der Waals surface area (Å²) in [6.07, 6.45) is 3.21. The molecule has 4 aromatic rings. The van der Waals surface area contributed by atoms with Gasteiger partial charge in [0.05, 0.1) is 22.8 Å². The Bertz CT molecular complexity index is 1310. The standard InChI is InChI=1S/C26H25N5O2/c1-2-31-25-22(17-28-31)21(15-23(29-25)19-7-4-3-5-8-19)26(33)27-16-18-10-12-20(13-11-18)30-14-6-9-24(30)32/h3-5,7-8,10-13,15,17H,2,6,9,14,16H2,1H3,(H,27,33). The zero-order valence-electron chi connectivity index (χ0n) is 18.5. The van der Waals surface area contributed by atoms with Crippen LogP contribution in [0.1, 0.15) is 35.7 Å². The highest BCUT2D eigenvalue weighted by atomic mass is 16.2. The van der Waals surface area contributed by atoms with E-state index >= 15 is 0 Å². The lowest BCUT2D eigenvalue weighted by molar-refractivity contribution is -0.117. The van der Waals surface area contributed by atoms with Gasteiger partial charge in [-0.15, -0.1) is 0 Å². The van der Waals surface area contributed by atoms with E-state index < -0.39 is 0 Å². The quantitative estimate of drug-likeness (QED) is 0.489. The zero-order valence-corrected chi connectivity index (χ0v) is 18.5. The van der Waals surface area contributed by atoms with E-state index in [4.69, 9.17) is 4.98 Å². The molecule has 33 heavy (non-hydrogen) atoms. The zero-order chi connectivity index (χ0) is 22.8. The number of hydrogen-bond acceptors (Lipinski definition) is 4. The van der Waals surface area contributed by atoms with Crippen molar-refractivity contribution < 1.29 is 9.59 Å². The summed E-state index contributed by atoms with van der Waals surface area (Å²) in [4.78, 5) is 31.7. The van der Waals surface area contributed by atoms with E-state index in [9.17, 15) is 9.59 Å². The average molecular weight is 440 g/mol. The first-order chi connectivity index (χ1) is 16.1. The van der Waals surface area contributed by atoms with E-state index in [0.29, 0.717) is 30.7 Å². The summed E-state index contributed by atoms with van der Waals surface area (Å²) in [5.41, 5.74) is 4.81. The summed E-state index contributed by atoms with van der Waals surface area (Å²) >= 11 is 0. The van der Waals surface area contributed by atoms with Gasteiger partial charge in [-0.3, -0.25) is 9.59 Å². The van der Waals surface area contributed by atoms with Gasteiger partial charge in [0.15, 0.2) is 5.65 Å². The number of nitrogens with zero attached hydrogens (tertiary/aromatic N) is 4. The van der Waals surface area contributed by atoms with Crippen molar-refractivity contribution in [1.29, 1.82) is 0 Å². The number of aryl methyl sites for hydroxylation is 1. The minimum absolute atomic E-state index is 0.166. The molecular weight excluding hydrogens is 414 g/mol. The van der Waals surface area contributed by atoms with Crippen LogP contribution in [0.15, 0.2) is 66.9 Å². The smallest absolute Gasteiger partial charge is 0.252 e. The summed E-state index contributed by atoms with van der Waals surface area (Å²) in [5, 5.41) is 8.17. The molecule has 0 unspecified atom stereocenters. The van der Waals surface area contributed by atoms with Gasteiger partial charge < -0.3 is 10.2 Å². The van der Waals surface area contributed by atoms with Crippen LogP contribution in [0.25, 0.3) is 22.3 Å². The molecule has 7 heteroatoms. The van der Waals surface area contributed by atoms with Crippen LogP contribution in [-0.4, -0.2) is 33.1 Å². The molecule has 1 saturated heterocycles. The van der Waals surface area contributed by atoms with E-state index in [1.807, 2.05) is 72.5 Å². The molecule has 166 valence electrons. The molecule has 2 amide bonds. The Balaban J connectivity index is 1.39. The first-order valence-electron chi connectivity index (χ1n) is 11.2. The summed E-state index contributed by atoms with van der Waals surface area (Å²) in [6, 6.07) is 19.4. The third-order valence-electron chi connectivity index (χ3n) is 6.00. The number of hydrogen-bond donors (Lipinski definition) is 1. The van der Waals surface area contributed by atoms with Gasteiger partial charge in [0.2, 0.25) is 5.91 Å². The number of amides is 2. The Morgan fingerprint density at radius 1 is 1.09 bits per heavy atom. The van der Waals surface area contributed by atoms with Gasteiger partial charge >= 0.3 is 0 Å². The van der Waals surface area contributed by atoms with Crippen LogP contribution in [0.4, 0.5) is 5.69 Å². The molecule has 2 aromatic heterocycles. The van der Waals surface area contributed by atoms with Crippen LogP contribution >= 0.6 is 0 Å². The molecule has 0 saturated carbocycles. The summed E-state index contributed by atoms with van der Waals surface area (Å²) < 4.78 is 1.80. The van der Waals surface area contributed by atoms with Gasteiger partial charge in [-0.2, -0.15) is 5.10 Å². The number of fused-ring (bicyclic) bond motifs is 1. The number of aromatic nitrogens is 3. The third kappa shape index (κ3) is 4.09. The third-order valence-corrected chi connectivity index (χ3v) is 6.00. The lowest BCUT2D eigenvalue weighted by Gasteiger charge is -2.16. The minimum Gasteiger partial charge on any atom is -0.348 e. The second-order valence-electron chi connectivity index (χ2n) is 8.12. The van der Waals surface area contributed by atoms with Gasteiger partial charge in [0.25, 0.3) is 5.91 Å². The number of carbonyl (C=O) groups excluding carboxylic acids is 2. The fraction of sp³-hybridized carbons (Fsp3) is 0.231. The Hall–Kier alpha value is -4.00. The van der Waals surface area contributed by atoms with E-state index in [0.717, 1.165) is 40.9 Å². The molecule has 1 aliphatic rings. The predicted molar refractivity (Wildman–Crippen MR) is 128 cm³/mol. The van der Waals surface area contributed by atoms with Crippen molar-refractivity contribution in [1.82, 2.24) is 20.1 Å². The van der Waals surface area contributed by atoms with Crippen molar-refractivity contribution in [3.8, 4) is 11.3 Å². The number of pyridine rings is 1. The first kappa shape index (κ1) is 20.9. The molecule has 0 atom stereocenters. The van der Waals surface area contributed by atoms with Gasteiger partial charge in [-0.1, -0.05) is 42.5 Å². The fourth-order valence-corrected chi connectivity index (χ4v) is 4.22. The molecule has 1 N–H and O–H groups in total. The minimum atomic E-state index is -0.172. The maximum absolute atomic E-state index is 13.2. The molecule has 0 spiro atoms. The molecule has 1 aliphatic heterocycles. The van der Waals surface area contributed by atoms with Crippen LogP contribution in [0.2, 0.25) is 0 Å². The SMILES string of the molecule is CCn1ncc2c(C(=O)NCc3ccc(N4CCCC4=O)cc3)cc(-c3ccccc3)nc21.